The number of nitrogens with zero attached hydrogens (tertiary/aromatic N) is 1. The molecule has 0 amide bonds. The van der Waals surface area contributed by atoms with Crippen LogP contribution >= 0.6 is 0 Å². The normalized spacial score (nSPS) is 13.5. The number of aromatic nitrogens is 2. The Balaban J connectivity index is 2.74. The van der Waals surface area contributed by atoms with Crippen LogP contribution in [0.4, 0.5) is 4.39 Å². The van der Waals surface area contributed by atoms with Gasteiger partial charge in [0.05, 0.1) is 12.3 Å². The molecule has 1 heterocycles. The Kier molecular flexibility index (Phi) is 4.04. The summed E-state index contributed by atoms with van der Waals surface area (Å²) >= 11 is 0. The second-order valence-electron chi connectivity index (χ2n) is 4.56. The van der Waals surface area contributed by atoms with Crippen molar-refractivity contribution in [2.75, 3.05) is 13.3 Å². The molecule has 90 valence electrons. The van der Waals surface area contributed by atoms with Crippen molar-refractivity contribution in [2.45, 2.75) is 32.1 Å². The molecule has 1 N–H and O–H groups in total. The molecule has 1 rings (SSSR count). The van der Waals surface area contributed by atoms with E-state index in [1.807, 2.05) is 13.0 Å². The number of nitrogens with one attached hydrogen (secondary N) is 1. The van der Waals surface area contributed by atoms with Gasteiger partial charge in [-0.25, -0.2) is 0 Å². The second kappa shape index (κ2) is 5.09. The average Bonchev–Trinajstić information content (AvgIpc) is 2.75. The van der Waals surface area contributed by atoms with Crippen molar-refractivity contribution in [3.8, 4) is 0 Å². The first-order chi connectivity index (χ1) is 7.51. The lowest BCUT2D eigenvalue weighted by Crippen LogP contribution is -2.20. The number of carbonyl (C=O) groups is 1. The summed E-state index contributed by atoms with van der Waals surface area (Å²) in [7, 11) is 0. The minimum atomic E-state index is -0.583. The van der Waals surface area contributed by atoms with Gasteiger partial charge in [-0.2, -0.15) is 5.10 Å². The minimum absolute atomic E-state index is 0.0295. The fraction of sp³-hybridized carbons (Fsp3) is 0.636. The van der Waals surface area contributed by atoms with Crippen LogP contribution in [0.25, 0.3) is 0 Å². The van der Waals surface area contributed by atoms with Gasteiger partial charge in [0.1, 0.15) is 6.67 Å². The Hall–Kier alpha value is -1.39. The molecule has 0 aliphatic carbocycles. The van der Waals surface area contributed by atoms with Gasteiger partial charge in [0.15, 0.2) is 0 Å². The van der Waals surface area contributed by atoms with Gasteiger partial charge in [0, 0.05) is 17.0 Å². The molecule has 0 bridgehead atoms. The van der Waals surface area contributed by atoms with Crippen molar-refractivity contribution in [2.24, 2.45) is 0 Å². The van der Waals surface area contributed by atoms with E-state index >= 15 is 0 Å². The lowest BCUT2D eigenvalue weighted by atomic mass is 9.90. The van der Waals surface area contributed by atoms with E-state index in [1.54, 1.807) is 13.8 Å². The van der Waals surface area contributed by atoms with Crippen LogP contribution < -0.4 is 0 Å². The molecule has 1 unspecified atom stereocenters. The molecule has 0 saturated carbocycles. The molecule has 0 aliphatic rings. The molecule has 0 fully saturated rings. The van der Waals surface area contributed by atoms with E-state index in [0.717, 1.165) is 5.69 Å². The predicted octanol–water partition coefficient (Wildman–Crippen LogP) is 1.93. The Bertz CT molecular complexity index is 350. The number of halogens is 1. The molecule has 5 heteroatoms. The molecule has 1 aromatic rings. The monoisotopic (exact) mass is 228 g/mol. The molecular formula is C11H17FN2O2. The van der Waals surface area contributed by atoms with Crippen molar-refractivity contribution in [1.29, 1.82) is 0 Å². The highest BCUT2D eigenvalue weighted by Gasteiger charge is 2.24. The number of ether oxygens (including phenoxy) is 1. The summed E-state index contributed by atoms with van der Waals surface area (Å²) in [6, 6.07) is 1.82. The van der Waals surface area contributed by atoms with Gasteiger partial charge in [0.2, 0.25) is 0 Å². The zero-order chi connectivity index (χ0) is 12.2. The Labute approximate surface area is 94.2 Å². The lowest BCUT2D eigenvalue weighted by molar-refractivity contribution is -0.129. The second-order valence-corrected chi connectivity index (χ2v) is 4.56. The summed E-state index contributed by atoms with van der Waals surface area (Å²) in [5.74, 6) is 0.0295. The Morgan fingerprint density at radius 1 is 1.69 bits per heavy atom. The largest absolute Gasteiger partial charge is 0.467 e. The molecule has 0 aromatic carbocycles. The zero-order valence-corrected chi connectivity index (χ0v) is 9.79. The van der Waals surface area contributed by atoms with Crippen LogP contribution in [0.1, 0.15) is 38.1 Å². The molecule has 0 aliphatic heterocycles. The molecule has 4 nitrogen and oxygen atoms in total. The highest BCUT2D eigenvalue weighted by Crippen LogP contribution is 2.24. The molecule has 0 saturated heterocycles. The van der Waals surface area contributed by atoms with Gasteiger partial charge < -0.3 is 4.74 Å². The zero-order valence-electron chi connectivity index (χ0n) is 9.79. The third-order valence-corrected chi connectivity index (χ3v) is 2.57. The Morgan fingerprint density at radius 2 is 2.38 bits per heavy atom. The summed E-state index contributed by atoms with van der Waals surface area (Å²) in [5.41, 5.74) is 0.946. The van der Waals surface area contributed by atoms with Crippen LogP contribution in [0.15, 0.2) is 6.07 Å². The van der Waals surface area contributed by atoms with Crippen molar-refractivity contribution < 1.29 is 13.9 Å². The number of alkyl halides is 1. The van der Waals surface area contributed by atoms with E-state index in [2.05, 4.69) is 14.9 Å². The van der Waals surface area contributed by atoms with E-state index in [1.165, 1.54) is 0 Å². The van der Waals surface area contributed by atoms with Crippen molar-refractivity contribution in [3.05, 3.63) is 17.5 Å². The summed E-state index contributed by atoms with van der Waals surface area (Å²) in [5, 5.41) is 6.92. The van der Waals surface area contributed by atoms with Gasteiger partial charge in [0.25, 0.3) is 6.47 Å². The fourth-order valence-electron chi connectivity index (χ4n) is 1.28. The predicted molar refractivity (Wildman–Crippen MR) is 58.0 cm³/mol. The summed E-state index contributed by atoms with van der Waals surface area (Å²) in [6.07, 6.45) is 0. The number of aromatic amines is 1. The number of rotatable bonds is 6. The van der Waals surface area contributed by atoms with E-state index in [0.29, 0.717) is 18.8 Å². The molecule has 1 atom stereocenters. The average molecular weight is 228 g/mol. The highest BCUT2D eigenvalue weighted by atomic mass is 19.1. The first kappa shape index (κ1) is 12.7. The van der Waals surface area contributed by atoms with Gasteiger partial charge in [-0.1, -0.05) is 20.8 Å². The molecule has 0 radical (unpaired) electrons. The molecule has 16 heavy (non-hydrogen) atoms. The van der Waals surface area contributed by atoms with Gasteiger partial charge >= 0.3 is 0 Å². The molecule has 1 aromatic heterocycles. The van der Waals surface area contributed by atoms with E-state index in [9.17, 15) is 9.18 Å². The van der Waals surface area contributed by atoms with Gasteiger partial charge in [-0.15, -0.1) is 0 Å². The maximum absolute atomic E-state index is 12.7. The van der Waals surface area contributed by atoms with Gasteiger partial charge in [-0.05, 0) is 6.07 Å². The third kappa shape index (κ3) is 2.81. The van der Waals surface area contributed by atoms with E-state index in [4.69, 9.17) is 0 Å². The maximum atomic E-state index is 12.7. The molecule has 0 spiro atoms. The summed E-state index contributed by atoms with van der Waals surface area (Å²) in [4.78, 5) is 10.1. The van der Waals surface area contributed by atoms with E-state index < -0.39 is 12.1 Å². The highest BCUT2D eigenvalue weighted by molar-refractivity contribution is 5.37. The van der Waals surface area contributed by atoms with Crippen LogP contribution in [0.2, 0.25) is 0 Å². The SMILES string of the molecule is CC(COC=O)c1cc(C(C)(C)CF)n[nH]1. The van der Waals surface area contributed by atoms with Crippen molar-refractivity contribution in [3.63, 3.8) is 0 Å². The van der Waals surface area contributed by atoms with Crippen molar-refractivity contribution >= 4 is 6.47 Å². The van der Waals surface area contributed by atoms with Crippen LogP contribution in [0, 0.1) is 0 Å². The number of H-pyrrole nitrogens is 1. The first-order valence-electron chi connectivity index (χ1n) is 5.18. The van der Waals surface area contributed by atoms with Crippen LogP contribution in [0.3, 0.4) is 0 Å². The maximum Gasteiger partial charge on any atom is 0.293 e. The number of hydrogen-bond acceptors (Lipinski definition) is 3. The lowest BCUT2D eigenvalue weighted by Gasteiger charge is -2.16. The van der Waals surface area contributed by atoms with Crippen LogP contribution in [-0.4, -0.2) is 30.0 Å². The number of carbonyl (C=O) groups excluding carboxylic acids is 1. The first-order valence-corrected chi connectivity index (χ1v) is 5.18. The minimum Gasteiger partial charge on any atom is -0.467 e. The van der Waals surface area contributed by atoms with Gasteiger partial charge in [-0.3, -0.25) is 14.3 Å². The fourth-order valence-corrected chi connectivity index (χ4v) is 1.28. The summed E-state index contributed by atoms with van der Waals surface area (Å²) in [6.45, 7) is 5.74. The Morgan fingerprint density at radius 3 is 2.94 bits per heavy atom. The topological polar surface area (TPSA) is 55.0 Å². The summed E-state index contributed by atoms with van der Waals surface area (Å²) < 4.78 is 17.4. The standard InChI is InChI=1S/C11H17FN2O2/c1-8(5-16-7-15)9-4-10(14-13-9)11(2,3)6-12/h4,7-8H,5-6H2,1-3H3,(H,13,14). The van der Waals surface area contributed by atoms with Crippen LogP contribution in [-0.2, 0) is 14.9 Å². The molecular weight excluding hydrogens is 211 g/mol. The third-order valence-electron chi connectivity index (χ3n) is 2.57. The van der Waals surface area contributed by atoms with Crippen molar-refractivity contribution in [1.82, 2.24) is 10.2 Å². The smallest absolute Gasteiger partial charge is 0.293 e. The van der Waals surface area contributed by atoms with Crippen LogP contribution in [0.5, 0.6) is 0 Å². The quantitative estimate of drug-likeness (QED) is 0.757. The van der Waals surface area contributed by atoms with E-state index in [-0.39, 0.29) is 5.92 Å². The number of hydrogen-bond donors (Lipinski definition) is 1.